The first-order valence-electron chi connectivity index (χ1n) is 6.27. The molecule has 0 fully saturated rings. The number of hydrogen-bond donors (Lipinski definition) is 1. The molecular formula is C16H15NO2. The monoisotopic (exact) mass is 253 g/mol. The standard InChI is InChI=1S/C16H15NO2/c1-19-16(18)14(17)9-12-8-11-6-2-4-10-5-3-7-13(12)15(10)11/h2-8,14H,9,17H2,1H3. The molecule has 0 aliphatic heterocycles. The zero-order chi connectivity index (χ0) is 13.4. The predicted octanol–water partition coefficient (Wildman–Crippen LogP) is 2.58. The molecule has 3 rings (SSSR count). The average molecular weight is 253 g/mol. The summed E-state index contributed by atoms with van der Waals surface area (Å²) >= 11 is 0. The number of carbonyl (C=O) groups is 1. The summed E-state index contributed by atoms with van der Waals surface area (Å²) in [5.41, 5.74) is 9.32. The Bertz CT molecular complexity index is 683. The van der Waals surface area contributed by atoms with E-state index in [1.807, 2.05) is 12.1 Å². The van der Waals surface area contributed by atoms with Crippen molar-refractivity contribution < 1.29 is 9.53 Å². The van der Waals surface area contributed by atoms with Crippen molar-refractivity contribution in [2.24, 2.45) is 5.73 Å². The second kappa shape index (κ2) is 4.52. The summed E-state index contributed by atoms with van der Waals surface area (Å²) in [5.74, 6) is -0.371. The van der Waals surface area contributed by atoms with Gasteiger partial charge >= 0.3 is 5.97 Å². The summed E-state index contributed by atoms with van der Waals surface area (Å²) in [7, 11) is 1.36. The summed E-state index contributed by atoms with van der Waals surface area (Å²) in [6.07, 6.45) is 2.61. The number of hydrogen-bond acceptors (Lipinski definition) is 3. The molecule has 1 aliphatic rings. The van der Waals surface area contributed by atoms with Gasteiger partial charge in [0.15, 0.2) is 0 Å². The van der Waals surface area contributed by atoms with E-state index < -0.39 is 6.04 Å². The van der Waals surface area contributed by atoms with Crippen LogP contribution < -0.4 is 5.73 Å². The molecule has 0 spiro atoms. The number of benzene rings is 2. The van der Waals surface area contributed by atoms with Gasteiger partial charge in [-0.2, -0.15) is 0 Å². The fourth-order valence-corrected chi connectivity index (χ4v) is 2.66. The van der Waals surface area contributed by atoms with Crippen molar-refractivity contribution in [3.8, 4) is 0 Å². The quantitative estimate of drug-likeness (QED) is 0.855. The third kappa shape index (κ3) is 1.92. The summed E-state index contributed by atoms with van der Waals surface area (Å²) in [4.78, 5) is 11.4. The van der Waals surface area contributed by atoms with Crippen LogP contribution >= 0.6 is 0 Å². The van der Waals surface area contributed by atoms with E-state index in [0.29, 0.717) is 6.42 Å². The molecule has 0 heterocycles. The van der Waals surface area contributed by atoms with E-state index in [4.69, 9.17) is 5.73 Å². The van der Waals surface area contributed by atoms with Gasteiger partial charge in [0.2, 0.25) is 0 Å². The maximum atomic E-state index is 11.4. The van der Waals surface area contributed by atoms with Crippen LogP contribution in [-0.4, -0.2) is 19.1 Å². The molecule has 0 bridgehead atoms. The normalized spacial score (nSPS) is 14.3. The molecule has 3 heteroatoms. The number of rotatable bonds is 3. The van der Waals surface area contributed by atoms with Crippen LogP contribution in [0.3, 0.4) is 0 Å². The van der Waals surface area contributed by atoms with Crippen molar-refractivity contribution in [1.82, 2.24) is 0 Å². The topological polar surface area (TPSA) is 52.3 Å². The van der Waals surface area contributed by atoms with Crippen molar-refractivity contribution in [1.29, 1.82) is 0 Å². The molecule has 0 radical (unpaired) electrons. The molecule has 0 saturated carbocycles. The molecule has 0 saturated heterocycles. The average Bonchev–Trinajstić information content (AvgIpc) is 2.79. The molecular weight excluding hydrogens is 238 g/mol. The Morgan fingerprint density at radius 1 is 1.26 bits per heavy atom. The summed E-state index contributed by atoms with van der Waals surface area (Å²) in [6.45, 7) is 0. The van der Waals surface area contributed by atoms with Gasteiger partial charge in [-0.05, 0) is 33.9 Å². The Balaban J connectivity index is 2.00. The van der Waals surface area contributed by atoms with E-state index in [9.17, 15) is 4.79 Å². The van der Waals surface area contributed by atoms with Crippen LogP contribution in [0.15, 0.2) is 36.4 Å². The summed E-state index contributed by atoms with van der Waals surface area (Å²) in [6, 6.07) is 11.8. The smallest absolute Gasteiger partial charge is 0.322 e. The largest absolute Gasteiger partial charge is 0.468 e. The number of methoxy groups -OCH3 is 1. The van der Waals surface area contributed by atoms with E-state index in [-0.39, 0.29) is 5.97 Å². The Hall–Kier alpha value is -2.13. The van der Waals surface area contributed by atoms with Gasteiger partial charge in [0.25, 0.3) is 0 Å². The molecule has 19 heavy (non-hydrogen) atoms. The Kier molecular flexibility index (Phi) is 2.84. The molecule has 1 atom stereocenters. The number of carbonyl (C=O) groups excluding carboxylic acids is 1. The van der Waals surface area contributed by atoms with E-state index in [0.717, 1.165) is 5.57 Å². The van der Waals surface area contributed by atoms with E-state index in [2.05, 4.69) is 35.1 Å². The van der Waals surface area contributed by atoms with Gasteiger partial charge in [-0.25, -0.2) is 0 Å². The Morgan fingerprint density at radius 3 is 2.74 bits per heavy atom. The summed E-state index contributed by atoms with van der Waals surface area (Å²) in [5, 5.41) is 2.46. The second-order valence-corrected chi connectivity index (χ2v) is 4.75. The van der Waals surface area contributed by atoms with Gasteiger partial charge in [0, 0.05) is 0 Å². The Morgan fingerprint density at radius 2 is 2.00 bits per heavy atom. The molecule has 1 aliphatic carbocycles. The van der Waals surface area contributed by atoms with Crippen LogP contribution in [0, 0.1) is 0 Å². The van der Waals surface area contributed by atoms with Crippen LogP contribution in [0.1, 0.15) is 17.5 Å². The predicted molar refractivity (Wildman–Crippen MR) is 76.4 cm³/mol. The molecule has 2 N–H and O–H groups in total. The van der Waals surface area contributed by atoms with Crippen LogP contribution in [0.4, 0.5) is 0 Å². The lowest BCUT2D eigenvalue weighted by Crippen LogP contribution is -2.31. The maximum absolute atomic E-state index is 11.4. The first kappa shape index (κ1) is 11.9. The third-order valence-electron chi connectivity index (χ3n) is 3.56. The highest BCUT2D eigenvalue weighted by atomic mass is 16.5. The summed E-state index contributed by atoms with van der Waals surface area (Å²) < 4.78 is 4.68. The first-order valence-corrected chi connectivity index (χ1v) is 6.27. The van der Waals surface area contributed by atoms with Crippen molar-refractivity contribution in [3.05, 3.63) is 47.5 Å². The minimum Gasteiger partial charge on any atom is -0.468 e. The molecule has 2 aromatic carbocycles. The highest BCUT2D eigenvalue weighted by Gasteiger charge is 2.21. The van der Waals surface area contributed by atoms with Crippen molar-refractivity contribution in [3.63, 3.8) is 0 Å². The SMILES string of the molecule is COC(=O)C(N)CC1=Cc2cccc3cccc1c23. The molecule has 96 valence electrons. The van der Waals surface area contributed by atoms with Crippen LogP contribution in [0.25, 0.3) is 22.4 Å². The zero-order valence-electron chi connectivity index (χ0n) is 10.7. The zero-order valence-corrected chi connectivity index (χ0v) is 10.7. The second-order valence-electron chi connectivity index (χ2n) is 4.75. The maximum Gasteiger partial charge on any atom is 0.322 e. The van der Waals surface area contributed by atoms with Crippen molar-refractivity contribution in [2.75, 3.05) is 7.11 Å². The fourth-order valence-electron chi connectivity index (χ4n) is 2.66. The van der Waals surface area contributed by atoms with E-state index >= 15 is 0 Å². The number of nitrogens with two attached hydrogens (primary N) is 1. The minimum atomic E-state index is -0.610. The molecule has 2 aromatic rings. The van der Waals surface area contributed by atoms with Gasteiger partial charge < -0.3 is 10.5 Å². The van der Waals surface area contributed by atoms with Crippen molar-refractivity contribution >= 4 is 28.4 Å². The molecule has 0 aromatic heterocycles. The van der Waals surface area contributed by atoms with Gasteiger partial charge in [0.1, 0.15) is 6.04 Å². The highest BCUT2D eigenvalue weighted by molar-refractivity contribution is 6.09. The number of ether oxygens (including phenoxy) is 1. The lowest BCUT2D eigenvalue weighted by atomic mass is 9.99. The lowest BCUT2D eigenvalue weighted by molar-refractivity contribution is -0.142. The molecule has 3 nitrogen and oxygen atoms in total. The van der Waals surface area contributed by atoms with Gasteiger partial charge in [-0.1, -0.05) is 42.5 Å². The van der Waals surface area contributed by atoms with E-state index in [1.165, 1.54) is 29.0 Å². The van der Waals surface area contributed by atoms with Crippen molar-refractivity contribution in [2.45, 2.75) is 12.5 Å². The fraction of sp³-hybridized carbons (Fsp3) is 0.188. The van der Waals surface area contributed by atoms with Crippen LogP contribution in [0.5, 0.6) is 0 Å². The third-order valence-corrected chi connectivity index (χ3v) is 3.56. The van der Waals surface area contributed by atoms with Gasteiger partial charge in [-0.15, -0.1) is 0 Å². The van der Waals surface area contributed by atoms with Crippen LogP contribution in [0.2, 0.25) is 0 Å². The van der Waals surface area contributed by atoms with E-state index in [1.54, 1.807) is 0 Å². The van der Waals surface area contributed by atoms with Gasteiger partial charge in [-0.3, -0.25) is 4.79 Å². The minimum absolute atomic E-state index is 0.371. The molecule has 1 unspecified atom stereocenters. The first-order chi connectivity index (χ1) is 9.20. The molecule has 0 amide bonds. The lowest BCUT2D eigenvalue weighted by Gasteiger charge is -2.11. The Labute approximate surface area is 111 Å². The van der Waals surface area contributed by atoms with Gasteiger partial charge in [0.05, 0.1) is 7.11 Å². The number of esters is 1. The van der Waals surface area contributed by atoms with Crippen LogP contribution in [-0.2, 0) is 9.53 Å². The highest BCUT2D eigenvalue weighted by Crippen LogP contribution is 2.38.